The van der Waals surface area contributed by atoms with Crippen LogP contribution in [0.1, 0.15) is 29.2 Å². The van der Waals surface area contributed by atoms with Crippen LogP contribution < -0.4 is 10.5 Å². The van der Waals surface area contributed by atoms with Gasteiger partial charge in [-0.25, -0.2) is 0 Å². The van der Waals surface area contributed by atoms with Crippen molar-refractivity contribution in [2.75, 3.05) is 6.61 Å². The summed E-state index contributed by atoms with van der Waals surface area (Å²) in [5, 5.41) is 0.810. The maximum Gasteiger partial charge on any atom is 0.124 e. The van der Waals surface area contributed by atoms with Crippen LogP contribution in [0, 0.1) is 13.8 Å². The fraction of sp³-hybridized carbons (Fsp3) is 0.455. The Morgan fingerprint density at radius 3 is 2.93 bits per heavy atom. The lowest BCUT2D eigenvalue weighted by Gasteiger charge is -2.26. The van der Waals surface area contributed by atoms with Gasteiger partial charge in [-0.3, -0.25) is 0 Å². The van der Waals surface area contributed by atoms with E-state index in [2.05, 4.69) is 0 Å². The Bertz CT molecular complexity index is 376. The van der Waals surface area contributed by atoms with Crippen molar-refractivity contribution in [1.82, 2.24) is 0 Å². The Kier molecular flexibility index (Phi) is 2.41. The summed E-state index contributed by atoms with van der Waals surface area (Å²) >= 11 is 6.17. The van der Waals surface area contributed by atoms with E-state index < -0.39 is 0 Å². The number of nitrogens with two attached hydrogens (primary N) is 1. The zero-order valence-corrected chi connectivity index (χ0v) is 9.19. The maximum absolute atomic E-state index is 6.17. The third kappa shape index (κ3) is 1.39. The number of hydrogen-bond donors (Lipinski definition) is 1. The van der Waals surface area contributed by atoms with Gasteiger partial charge in [-0.1, -0.05) is 11.6 Å². The van der Waals surface area contributed by atoms with Crippen LogP contribution in [0.4, 0.5) is 0 Å². The van der Waals surface area contributed by atoms with Crippen LogP contribution in [0.2, 0.25) is 5.02 Å². The summed E-state index contributed by atoms with van der Waals surface area (Å²) in [5.41, 5.74) is 9.22. The van der Waals surface area contributed by atoms with Crippen LogP contribution in [0.25, 0.3) is 0 Å². The molecule has 1 atom stereocenters. The topological polar surface area (TPSA) is 35.2 Å². The van der Waals surface area contributed by atoms with Crippen molar-refractivity contribution in [2.24, 2.45) is 5.73 Å². The average molecular weight is 212 g/mol. The molecule has 0 spiro atoms. The van der Waals surface area contributed by atoms with Crippen molar-refractivity contribution >= 4 is 11.6 Å². The van der Waals surface area contributed by atoms with Crippen LogP contribution >= 0.6 is 11.6 Å². The van der Waals surface area contributed by atoms with Gasteiger partial charge in [0, 0.05) is 23.0 Å². The minimum Gasteiger partial charge on any atom is -0.493 e. The van der Waals surface area contributed by atoms with Gasteiger partial charge in [0.15, 0.2) is 0 Å². The first-order valence-corrected chi connectivity index (χ1v) is 5.17. The quantitative estimate of drug-likeness (QED) is 0.716. The summed E-state index contributed by atoms with van der Waals surface area (Å²) in [6, 6.07) is 2.04. The lowest BCUT2D eigenvalue weighted by Crippen LogP contribution is -2.22. The number of ether oxygens (including phenoxy) is 1. The monoisotopic (exact) mass is 211 g/mol. The minimum atomic E-state index is 0.0665. The summed E-state index contributed by atoms with van der Waals surface area (Å²) in [5.74, 6) is 0.906. The summed E-state index contributed by atoms with van der Waals surface area (Å²) in [4.78, 5) is 0. The molecular formula is C11H14ClNO. The lowest BCUT2D eigenvalue weighted by atomic mass is 9.95. The van der Waals surface area contributed by atoms with E-state index in [1.807, 2.05) is 19.9 Å². The Morgan fingerprint density at radius 2 is 2.21 bits per heavy atom. The molecule has 1 heterocycles. The van der Waals surface area contributed by atoms with Crippen molar-refractivity contribution in [3.05, 3.63) is 27.8 Å². The Labute approximate surface area is 89.0 Å². The Hall–Kier alpha value is -0.730. The summed E-state index contributed by atoms with van der Waals surface area (Å²) in [6.07, 6.45) is 0.868. The highest BCUT2D eigenvalue weighted by Gasteiger charge is 2.22. The average Bonchev–Trinajstić information content (AvgIpc) is 2.14. The zero-order valence-electron chi connectivity index (χ0n) is 8.43. The third-order valence-corrected chi connectivity index (χ3v) is 3.33. The first-order valence-electron chi connectivity index (χ1n) is 4.79. The predicted octanol–water partition coefficient (Wildman–Crippen LogP) is 2.74. The summed E-state index contributed by atoms with van der Waals surface area (Å²) in [6.45, 7) is 4.69. The van der Waals surface area contributed by atoms with E-state index in [1.54, 1.807) is 0 Å². The number of rotatable bonds is 0. The predicted molar refractivity (Wildman–Crippen MR) is 58.0 cm³/mol. The number of aryl methyl sites for hydroxylation is 1. The van der Waals surface area contributed by atoms with Crippen LogP contribution in [0.15, 0.2) is 6.07 Å². The molecule has 3 heteroatoms. The van der Waals surface area contributed by atoms with Gasteiger partial charge in [-0.15, -0.1) is 0 Å². The molecule has 0 aromatic heterocycles. The standard InChI is InChI=1S/C11H14ClNO/c1-6-5-9-10(7(2)11(6)12)8(13)3-4-14-9/h5,8H,3-4,13H2,1-2H3/t8-/m0/s1. The maximum atomic E-state index is 6.17. The molecule has 2 nitrogen and oxygen atoms in total. The van der Waals surface area contributed by atoms with Gasteiger partial charge in [-0.05, 0) is 31.0 Å². The highest BCUT2D eigenvalue weighted by molar-refractivity contribution is 6.32. The SMILES string of the molecule is Cc1cc2c(c(C)c1Cl)[C@@H](N)CCO2. The molecule has 0 saturated carbocycles. The normalized spacial score (nSPS) is 20.1. The molecule has 1 aliphatic heterocycles. The first-order chi connectivity index (χ1) is 6.61. The molecule has 2 N–H and O–H groups in total. The van der Waals surface area contributed by atoms with Crippen molar-refractivity contribution in [3.63, 3.8) is 0 Å². The van der Waals surface area contributed by atoms with Crippen LogP contribution in [-0.4, -0.2) is 6.61 Å². The van der Waals surface area contributed by atoms with Gasteiger partial charge < -0.3 is 10.5 Å². The zero-order chi connectivity index (χ0) is 10.3. The highest BCUT2D eigenvalue weighted by Crippen LogP contribution is 2.38. The van der Waals surface area contributed by atoms with Crippen molar-refractivity contribution in [2.45, 2.75) is 26.3 Å². The molecule has 0 amide bonds. The molecule has 1 aromatic carbocycles. The van der Waals surface area contributed by atoms with E-state index >= 15 is 0 Å². The van der Waals surface area contributed by atoms with E-state index in [0.717, 1.165) is 33.9 Å². The van der Waals surface area contributed by atoms with E-state index in [9.17, 15) is 0 Å². The second-order valence-corrected chi connectivity index (χ2v) is 4.17. The Balaban J connectivity index is 2.64. The molecule has 2 rings (SSSR count). The minimum absolute atomic E-state index is 0.0665. The van der Waals surface area contributed by atoms with E-state index in [1.165, 1.54) is 0 Å². The molecule has 76 valence electrons. The number of hydrogen-bond acceptors (Lipinski definition) is 2. The largest absolute Gasteiger partial charge is 0.493 e. The fourth-order valence-corrected chi connectivity index (χ4v) is 2.11. The molecule has 0 bridgehead atoms. The second-order valence-electron chi connectivity index (χ2n) is 3.79. The van der Waals surface area contributed by atoms with E-state index in [4.69, 9.17) is 22.1 Å². The van der Waals surface area contributed by atoms with Gasteiger partial charge in [0.05, 0.1) is 6.61 Å². The van der Waals surface area contributed by atoms with Gasteiger partial charge in [0.25, 0.3) is 0 Å². The number of benzene rings is 1. The molecule has 0 aliphatic carbocycles. The van der Waals surface area contributed by atoms with E-state index in [-0.39, 0.29) is 6.04 Å². The molecule has 0 unspecified atom stereocenters. The van der Waals surface area contributed by atoms with Gasteiger partial charge in [-0.2, -0.15) is 0 Å². The Morgan fingerprint density at radius 1 is 1.50 bits per heavy atom. The molecule has 0 radical (unpaired) electrons. The first kappa shape index (κ1) is 9.81. The van der Waals surface area contributed by atoms with Gasteiger partial charge >= 0.3 is 0 Å². The molecule has 0 saturated heterocycles. The summed E-state index contributed by atoms with van der Waals surface area (Å²) < 4.78 is 5.57. The fourth-order valence-electron chi connectivity index (χ4n) is 1.96. The second kappa shape index (κ2) is 3.44. The van der Waals surface area contributed by atoms with Gasteiger partial charge in [0.1, 0.15) is 5.75 Å². The molecule has 0 fully saturated rings. The smallest absolute Gasteiger partial charge is 0.124 e. The summed E-state index contributed by atoms with van der Waals surface area (Å²) in [7, 11) is 0. The lowest BCUT2D eigenvalue weighted by molar-refractivity contribution is 0.268. The number of fused-ring (bicyclic) bond motifs is 1. The molecule has 1 aromatic rings. The molecule has 14 heavy (non-hydrogen) atoms. The van der Waals surface area contributed by atoms with Crippen molar-refractivity contribution in [3.8, 4) is 5.75 Å². The van der Waals surface area contributed by atoms with Crippen LogP contribution in [0.5, 0.6) is 5.75 Å². The van der Waals surface area contributed by atoms with Crippen molar-refractivity contribution < 1.29 is 4.74 Å². The third-order valence-electron chi connectivity index (χ3n) is 2.75. The van der Waals surface area contributed by atoms with Crippen molar-refractivity contribution in [1.29, 1.82) is 0 Å². The number of halogens is 1. The molecular weight excluding hydrogens is 198 g/mol. The van der Waals surface area contributed by atoms with Crippen LogP contribution in [-0.2, 0) is 0 Å². The highest BCUT2D eigenvalue weighted by atomic mass is 35.5. The van der Waals surface area contributed by atoms with Crippen LogP contribution in [0.3, 0.4) is 0 Å². The van der Waals surface area contributed by atoms with Gasteiger partial charge in [0.2, 0.25) is 0 Å². The van der Waals surface area contributed by atoms with E-state index in [0.29, 0.717) is 6.61 Å². The molecule has 1 aliphatic rings.